The van der Waals surface area contributed by atoms with Crippen LogP contribution in [0.25, 0.3) is 6.08 Å². The summed E-state index contributed by atoms with van der Waals surface area (Å²) in [5, 5.41) is 17.6. The lowest BCUT2D eigenvalue weighted by Crippen LogP contribution is -2.36. The van der Waals surface area contributed by atoms with Crippen molar-refractivity contribution in [1.29, 1.82) is 0 Å². The first kappa shape index (κ1) is 16.9. The van der Waals surface area contributed by atoms with Crippen LogP contribution < -0.4 is 0 Å². The summed E-state index contributed by atoms with van der Waals surface area (Å²) in [4.78, 5) is 24.3. The number of hydrogen-bond acceptors (Lipinski definition) is 4. The first-order valence-corrected chi connectivity index (χ1v) is 6.48. The van der Waals surface area contributed by atoms with Crippen molar-refractivity contribution in [1.82, 2.24) is 4.90 Å². The number of carboxylic acids is 1. The van der Waals surface area contributed by atoms with Crippen LogP contribution in [0.5, 0.6) is 0 Å². The summed E-state index contributed by atoms with van der Waals surface area (Å²) >= 11 is 0. The maximum atomic E-state index is 12.3. The molecule has 1 rings (SSSR count). The molecule has 0 unspecified atom stereocenters. The smallest absolute Gasteiger partial charge is 0.328 e. The molecule has 1 aromatic carbocycles. The zero-order valence-electron chi connectivity index (χ0n) is 11.9. The van der Waals surface area contributed by atoms with Crippen molar-refractivity contribution in [2.75, 3.05) is 33.4 Å². The summed E-state index contributed by atoms with van der Waals surface area (Å²) < 4.78 is 4.94. The fraction of sp³-hybridized carbons (Fsp3) is 0.333. The normalized spacial score (nSPS) is 10.8. The zero-order valence-corrected chi connectivity index (χ0v) is 11.9. The first-order chi connectivity index (χ1) is 10.1. The third-order valence-corrected chi connectivity index (χ3v) is 2.77. The monoisotopic (exact) mass is 293 g/mol. The van der Waals surface area contributed by atoms with Gasteiger partial charge in [-0.2, -0.15) is 0 Å². The minimum absolute atomic E-state index is 0.131. The highest BCUT2D eigenvalue weighted by Gasteiger charge is 2.15. The quantitative estimate of drug-likeness (QED) is 0.694. The standard InChI is InChI=1S/C15H19NO5/c1-21-10-8-16(7-9-17)15(20)13-4-2-3-12(11-13)5-6-14(18)19/h2-6,11,17H,7-10H2,1H3,(H,18,19)/b6-5+. The fourth-order valence-electron chi connectivity index (χ4n) is 1.76. The van der Waals surface area contributed by atoms with E-state index < -0.39 is 5.97 Å². The SMILES string of the molecule is COCCN(CCO)C(=O)c1cccc(/C=C/C(=O)O)c1. The third-order valence-electron chi connectivity index (χ3n) is 2.77. The lowest BCUT2D eigenvalue weighted by molar-refractivity contribution is -0.131. The lowest BCUT2D eigenvalue weighted by atomic mass is 10.1. The molecule has 0 atom stereocenters. The van der Waals surface area contributed by atoms with E-state index in [1.54, 1.807) is 31.4 Å². The number of benzene rings is 1. The van der Waals surface area contributed by atoms with Crippen molar-refractivity contribution in [2.24, 2.45) is 0 Å². The second-order valence-electron chi connectivity index (χ2n) is 4.31. The first-order valence-electron chi connectivity index (χ1n) is 6.48. The van der Waals surface area contributed by atoms with Crippen molar-refractivity contribution in [3.8, 4) is 0 Å². The molecule has 0 heterocycles. The molecular formula is C15H19NO5. The Morgan fingerprint density at radius 3 is 2.71 bits per heavy atom. The Hall–Kier alpha value is -2.18. The molecule has 0 radical (unpaired) electrons. The van der Waals surface area contributed by atoms with Crippen molar-refractivity contribution in [3.05, 3.63) is 41.5 Å². The number of nitrogens with zero attached hydrogens (tertiary/aromatic N) is 1. The summed E-state index contributed by atoms with van der Waals surface area (Å²) in [6.45, 7) is 0.848. The Kier molecular flexibility index (Phi) is 7.14. The van der Waals surface area contributed by atoms with Crippen LogP contribution in [0.1, 0.15) is 15.9 Å². The molecule has 0 bridgehead atoms. The summed E-state index contributed by atoms with van der Waals surface area (Å²) in [5.74, 6) is -1.28. The zero-order chi connectivity index (χ0) is 15.7. The van der Waals surface area contributed by atoms with Crippen molar-refractivity contribution in [2.45, 2.75) is 0 Å². The number of aliphatic carboxylic acids is 1. The van der Waals surface area contributed by atoms with Crippen LogP contribution in [0.4, 0.5) is 0 Å². The highest BCUT2D eigenvalue weighted by molar-refractivity contribution is 5.95. The second-order valence-corrected chi connectivity index (χ2v) is 4.31. The summed E-state index contributed by atoms with van der Waals surface area (Å²) in [7, 11) is 1.54. The molecule has 0 saturated heterocycles. The predicted octanol–water partition coefficient (Wildman–Crippen LogP) is 0.865. The molecule has 0 aliphatic rings. The molecule has 0 aromatic heterocycles. The van der Waals surface area contributed by atoms with Gasteiger partial charge in [-0.05, 0) is 23.8 Å². The molecule has 2 N–H and O–H groups in total. The summed E-state index contributed by atoms with van der Waals surface area (Å²) in [6, 6.07) is 6.65. The van der Waals surface area contributed by atoms with Gasteiger partial charge in [-0.15, -0.1) is 0 Å². The van der Waals surface area contributed by atoms with Crippen LogP contribution in [-0.4, -0.2) is 60.4 Å². The van der Waals surface area contributed by atoms with E-state index in [1.807, 2.05) is 0 Å². The van der Waals surface area contributed by atoms with Gasteiger partial charge >= 0.3 is 5.97 Å². The minimum atomic E-state index is -1.05. The number of carbonyl (C=O) groups excluding carboxylic acids is 1. The van der Waals surface area contributed by atoms with Crippen LogP contribution in [-0.2, 0) is 9.53 Å². The second kappa shape index (κ2) is 8.89. The average molecular weight is 293 g/mol. The van der Waals surface area contributed by atoms with Crippen LogP contribution >= 0.6 is 0 Å². The number of rotatable bonds is 8. The predicted molar refractivity (Wildman–Crippen MR) is 78.0 cm³/mol. The Morgan fingerprint density at radius 2 is 2.10 bits per heavy atom. The molecule has 0 aliphatic heterocycles. The largest absolute Gasteiger partial charge is 0.478 e. The molecule has 0 fully saturated rings. The van der Waals surface area contributed by atoms with E-state index in [0.29, 0.717) is 24.3 Å². The fourth-order valence-corrected chi connectivity index (χ4v) is 1.76. The molecule has 1 amide bonds. The van der Waals surface area contributed by atoms with E-state index in [4.69, 9.17) is 14.9 Å². The summed E-state index contributed by atoms with van der Waals surface area (Å²) in [5.41, 5.74) is 1.06. The molecule has 0 spiro atoms. The lowest BCUT2D eigenvalue weighted by Gasteiger charge is -2.21. The van der Waals surface area contributed by atoms with E-state index in [0.717, 1.165) is 6.08 Å². The van der Waals surface area contributed by atoms with Gasteiger partial charge < -0.3 is 19.8 Å². The maximum absolute atomic E-state index is 12.3. The number of carbonyl (C=O) groups is 2. The highest BCUT2D eigenvalue weighted by Crippen LogP contribution is 2.10. The van der Waals surface area contributed by atoms with Crippen molar-refractivity contribution < 1.29 is 24.5 Å². The van der Waals surface area contributed by atoms with Gasteiger partial charge in [0.25, 0.3) is 5.91 Å². The topological polar surface area (TPSA) is 87.1 Å². The average Bonchev–Trinajstić information content (AvgIpc) is 2.49. The maximum Gasteiger partial charge on any atom is 0.328 e. The van der Waals surface area contributed by atoms with E-state index >= 15 is 0 Å². The number of hydrogen-bond donors (Lipinski definition) is 2. The molecule has 21 heavy (non-hydrogen) atoms. The van der Waals surface area contributed by atoms with Crippen LogP contribution in [0.3, 0.4) is 0 Å². The van der Waals surface area contributed by atoms with Gasteiger partial charge in [-0.1, -0.05) is 12.1 Å². The van der Waals surface area contributed by atoms with Crippen molar-refractivity contribution >= 4 is 18.0 Å². The van der Waals surface area contributed by atoms with Crippen LogP contribution in [0, 0.1) is 0 Å². The Bertz CT molecular complexity index is 513. The molecule has 114 valence electrons. The molecule has 0 saturated carbocycles. The minimum Gasteiger partial charge on any atom is -0.478 e. The number of amides is 1. The van der Waals surface area contributed by atoms with Gasteiger partial charge in [-0.3, -0.25) is 4.79 Å². The van der Waals surface area contributed by atoms with Gasteiger partial charge in [0.15, 0.2) is 0 Å². The molecule has 6 heteroatoms. The Balaban J connectivity index is 2.88. The number of carboxylic acid groups (broad SMARTS) is 1. The summed E-state index contributed by atoms with van der Waals surface area (Å²) in [6.07, 6.45) is 2.44. The van der Waals surface area contributed by atoms with Gasteiger partial charge in [0, 0.05) is 31.8 Å². The number of methoxy groups -OCH3 is 1. The Morgan fingerprint density at radius 1 is 1.33 bits per heavy atom. The van der Waals surface area contributed by atoms with Crippen molar-refractivity contribution in [3.63, 3.8) is 0 Å². The van der Waals surface area contributed by atoms with Crippen LogP contribution in [0.15, 0.2) is 30.3 Å². The highest BCUT2D eigenvalue weighted by atomic mass is 16.5. The van der Waals surface area contributed by atoms with E-state index in [1.165, 1.54) is 11.0 Å². The van der Waals surface area contributed by atoms with Crippen LogP contribution in [0.2, 0.25) is 0 Å². The third kappa shape index (κ3) is 5.76. The van der Waals surface area contributed by atoms with E-state index in [2.05, 4.69) is 0 Å². The van der Waals surface area contributed by atoms with Gasteiger partial charge in [0.05, 0.1) is 13.2 Å². The van der Waals surface area contributed by atoms with E-state index in [-0.39, 0.29) is 19.1 Å². The molecule has 1 aromatic rings. The Labute approximate surface area is 123 Å². The number of aliphatic hydroxyl groups excluding tert-OH is 1. The van der Waals surface area contributed by atoms with Gasteiger partial charge in [0.1, 0.15) is 0 Å². The molecule has 6 nitrogen and oxygen atoms in total. The van der Waals surface area contributed by atoms with E-state index in [9.17, 15) is 9.59 Å². The van der Waals surface area contributed by atoms with Gasteiger partial charge in [0.2, 0.25) is 0 Å². The molecule has 0 aliphatic carbocycles. The number of aliphatic hydroxyl groups is 1. The molecular weight excluding hydrogens is 274 g/mol. The number of ether oxygens (including phenoxy) is 1. The van der Waals surface area contributed by atoms with Gasteiger partial charge in [-0.25, -0.2) is 4.79 Å².